The van der Waals surface area contributed by atoms with E-state index >= 15 is 0 Å². The van der Waals surface area contributed by atoms with Gasteiger partial charge in [0.1, 0.15) is 11.6 Å². The van der Waals surface area contributed by atoms with Crippen molar-refractivity contribution in [1.82, 2.24) is 19.7 Å². The lowest BCUT2D eigenvalue weighted by molar-refractivity contribution is 0.0828. The maximum absolute atomic E-state index is 12.1. The number of hydrogen-bond acceptors (Lipinski definition) is 7. The molecule has 0 bridgehead atoms. The van der Waals surface area contributed by atoms with Crippen LogP contribution in [0.5, 0.6) is 5.75 Å². The molecule has 0 spiro atoms. The molecule has 1 aromatic carbocycles. The molecule has 3 fully saturated rings. The number of carbonyl (C=O) groups excluding carboxylic acids is 1. The van der Waals surface area contributed by atoms with Gasteiger partial charge in [0.25, 0.3) is 0 Å². The van der Waals surface area contributed by atoms with E-state index in [2.05, 4.69) is 38.8 Å². The number of likely N-dealkylation sites (tertiary alicyclic amines) is 1. The largest absolute Gasteiger partial charge is 0.496 e. The van der Waals surface area contributed by atoms with Crippen molar-refractivity contribution < 1.29 is 14.3 Å². The van der Waals surface area contributed by atoms with E-state index in [1.54, 1.807) is 14.0 Å². The Labute approximate surface area is 200 Å². The summed E-state index contributed by atoms with van der Waals surface area (Å²) in [4.78, 5) is 14.7. The number of rotatable bonds is 9. The van der Waals surface area contributed by atoms with E-state index in [1.165, 1.54) is 12.0 Å². The summed E-state index contributed by atoms with van der Waals surface area (Å²) in [5.41, 5.74) is 2.23. The molecule has 8 heteroatoms. The van der Waals surface area contributed by atoms with E-state index in [0.717, 1.165) is 68.8 Å². The summed E-state index contributed by atoms with van der Waals surface area (Å²) in [5.74, 6) is 4.07. The topological polar surface area (TPSA) is 69.5 Å². The molecule has 33 heavy (non-hydrogen) atoms. The maximum Gasteiger partial charge on any atom is 0.190 e. The highest BCUT2D eigenvalue weighted by Gasteiger charge is 2.60. The molecule has 2 aliphatic heterocycles. The Morgan fingerprint density at radius 1 is 1.30 bits per heavy atom. The minimum Gasteiger partial charge on any atom is -0.496 e. The molecule has 5 rings (SSSR count). The van der Waals surface area contributed by atoms with Gasteiger partial charge in [0.05, 0.1) is 12.7 Å². The van der Waals surface area contributed by atoms with Crippen molar-refractivity contribution in [3.63, 3.8) is 0 Å². The number of hydrogen-bond donors (Lipinski definition) is 0. The van der Waals surface area contributed by atoms with Crippen LogP contribution in [0.1, 0.15) is 60.3 Å². The molecule has 2 aromatic rings. The summed E-state index contributed by atoms with van der Waals surface area (Å²) in [6.07, 6.45) is 4.44. The van der Waals surface area contributed by atoms with Gasteiger partial charge in [-0.1, -0.05) is 17.8 Å². The van der Waals surface area contributed by atoms with Gasteiger partial charge in [-0.3, -0.25) is 4.79 Å². The molecule has 3 heterocycles. The molecule has 2 atom stereocenters. The lowest BCUT2D eigenvalue weighted by atomic mass is 9.92. The van der Waals surface area contributed by atoms with Crippen LogP contribution in [-0.4, -0.2) is 71.2 Å². The number of ketones is 1. The molecule has 1 aliphatic carbocycles. The summed E-state index contributed by atoms with van der Waals surface area (Å²) in [6, 6.07) is 6.20. The third-order valence-corrected chi connectivity index (χ3v) is 8.78. The fourth-order valence-electron chi connectivity index (χ4n) is 5.71. The van der Waals surface area contributed by atoms with Crippen LogP contribution >= 0.6 is 11.8 Å². The number of nitrogens with zero attached hydrogens (tertiary/aromatic N) is 4. The van der Waals surface area contributed by atoms with Crippen molar-refractivity contribution in [2.45, 2.75) is 49.1 Å². The number of ether oxygens (including phenoxy) is 2. The Balaban J connectivity index is 1.13. The highest BCUT2D eigenvalue weighted by Crippen LogP contribution is 2.59. The summed E-state index contributed by atoms with van der Waals surface area (Å²) in [7, 11) is 3.72. The molecule has 1 unspecified atom stereocenters. The standard InChI is InChI=1S/C25H34N4O3S/c1-17(30)21-13-19(5-6-22(21)31-3)25-14-20(25)15-29(16-25)9-4-12-33-24-27-26-23(28(24)2)18-7-10-32-11-8-18/h5-6,13,18,20H,4,7-12,14-16H2,1-3H3/t20-,25?/m0/s1. The predicted molar refractivity (Wildman–Crippen MR) is 128 cm³/mol. The number of carbonyl (C=O) groups is 1. The fraction of sp³-hybridized carbons (Fsp3) is 0.640. The Kier molecular flexibility index (Phi) is 6.51. The normalized spacial score (nSPS) is 25.2. The van der Waals surface area contributed by atoms with Crippen molar-refractivity contribution in [2.75, 3.05) is 45.7 Å². The summed E-state index contributed by atoms with van der Waals surface area (Å²) < 4.78 is 13.0. The van der Waals surface area contributed by atoms with Gasteiger partial charge in [0, 0.05) is 50.4 Å². The van der Waals surface area contributed by atoms with Crippen LogP contribution in [0.4, 0.5) is 0 Å². The number of piperidine rings is 1. The molecule has 178 valence electrons. The van der Waals surface area contributed by atoms with Crippen molar-refractivity contribution in [3.8, 4) is 5.75 Å². The number of methoxy groups -OCH3 is 1. The van der Waals surface area contributed by atoms with Crippen LogP contribution in [0.25, 0.3) is 0 Å². The summed E-state index contributed by atoms with van der Waals surface area (Å²) >= 11 is 1.81. The van der Waals surface area contributed by atoms with E-state index in [4.69, 9.17) is 9.47 Å². The minimum atomic E-state index is 0.0675. The van der Waals surface area contributed by atoms with Gasteiger partial charge in [0.15, 0.2) is 10.9 Å². The number of Topliss-reactive ketones (excluding diaryl/α,β-unsaturated/α-hetero) is 1. The van der Waals surface area contributed by atoms with Crippen molar-refractivity contribution in [3.05, 3.63) is 35.2 Å². The second-order valence-corrected chi connectivity index (χ2v) is 10.8. The third-order valence-electron chi connectivity index (χ3n) is 7.67. The van der Waals surface area contributed by atoms with Gasteiger partial charge < -0.3 is 18.9 Å². The Morgan fingerprint density at radius 3 is 2.88 bits per heavy atom. The smallest absolute Gasteiger partial charge is 0.190 e. The van der Waals surface area contributed by atoms with Crippen LogP contribution < -0.4 is 4.74 Å². The van der Waals surface area contributed by atoms with E-state index < -0.39 is 0 Å². The zero-order chi connectivity index (χ0) is 23.0. The zero-order valence-electron chi connectivity index (χ0n) is 19.9. The summed E-state index contributed by atoms with van der Waals surface area (Å²) in [6.45, 7) is 6.61. The molecule has 1 saturated carbocycles. The molecule has 2 saturated heterocycles. The van der Waals surface area contributed by atoms with Crippen molar-refractivity contribution in [2.24, 2.45) is 13.0 Å². The highest BCUT2D eigenvalue weighted by molar-refractivity contribution is 7.99. The average Bonchev–Trinajstić information content (AvgIpc) is 3.21. The van der Waals surface area contributed by atoms with E-state index in [-0.39, 0.29) is 11.2 Å². The second kappa shape index (κ2) is 9.39. The number of aromatic nitrogens is 3. The van der Waals surface area contributed by atoms with Crippen LogP contribution in [0.3, 0.4) is 0 Å². The molecule has 0 amide bonds. The Bertz CT molecular complexity index is 1020. The highest BCUT2D eigenvalue weighted by atomic mass is 32.2. The molecular weight excluding hydrogens is 436 g/mol. The van der Waals surface area contributed by atoms with Gasteiger partial charge in [-0.2, -0.15) is 0 Å². The van der Waals surface area contributed by atoms with Crippen LogP contribution in [-0.2, 0) is 17.2 Å². The molecule has 0 radical (unpaired) electrons. The zero-order valence-corrected chi connectivity index (χ0v) is 20.7. The van der Waals surface area contributed by atoms with E-state index in [0.29, 0.717) is 23.1 Å². The first kappa shape index (κ1) is 22.9. The fourth-order valence-corrected chi connectivity index (χ4v) is 6.55. The molecule has 3 aliphatic rings. The van der Waals surface area contributed by atoms with Gasteiger partial charge in [0.2, 0.25) is 0 Å². The van der Waals surface area contributed by atoms with Crippen LogP contribution in [0.15, 0.2) is 23.4 Å². The number of benzene rings is 1. The van der Waals surface area contributed by atoms with Crippen LogP contribution in [0, 0.1) is 5.92 Å². The average molecular weight is 471 g/mol. The first-order valence-corrected chi connectivity index (χ1v) is 13.0. The maximum atomic E-state index is 12.1. The summed E-state index contributed by atoms with van der Waals surface area (Å²) in [5, 5.41) is 9.95. The molecule has 7 nitrogen and oxygen atoms in total. The lowest BCUT2D eigenvalue weighted by Gasteiger charge is -2.22. The third kappa shape index (κ3) is 4.45. The van der Waals surface area contributed by atoms with Crippen molar-refractivity contribution in [1.29, 1.82) is 0 Å². The minimum absolute atomic E-state index is 0.0675. The monoisotopic (exact) mass is 470 g/mol. The van der Waals surface area contributed by atoms with Gasteiger partial charge in [-0.25, -0.2) is 0 Å². The molecular formula is C25H34N4O3S. The number of thioether (sulfide) groups is 1. The quantitative estimate of drug-likeness (QED) is 0.315. The molecule has 1 aromatic heterocycles. The van der Waals surface area contributed by atoms with Gasteiger partial charge in [-0.05, 0) is 62.8 Å². The lowest BCUT2D eigenvalue weighted by Crippen LogP contribution is -2.28. The molecule has 0 N–H and O–H groups in total. The second-order valence-electron chi connectivity index (χ2n) is 9.75. The Morgan fingerprint density at radius 2 is 2.12 bits per heavy atom. The predicted octanol–water partition coefficient (Wildman–Crippen LogP) is 3.68. The van der Waals surface area contributed by atoms with E-state index in [1.807, 2.05) is 17.8 Å². The number of fused-ring (bicyclic) bond motifs is 1. The first-order valence-electron chi connectivity index (χ1n) is 12.0. The van der Waals surface area contributed by atoms with Crippen molar-refractivity contribution >= 4 is 17.5 Å². The first-order chi connectivity index (χ1) is 16.0. The van der Waals surface area contributed by atoms with Gasteiger partial charge in [-0.15, -0.1) is 10.2 Å². The van der Waals surface area contributed by atoms with Crippen LogP contribution in [0.2, 0.25) is 0 Å². The Hall–Kier alpha value is -1.90. The van der Waals surface area contributed by atoms with Gasteiger partial charge >= 0.3 is 0 Å². The SMILES string of the molecule is COc1ccc(C23C[C@H]2CN(CCCSc2nnc(C4CCOCC4)n2C)C3)cc1C(C)=O. The van der Waals surface area contributed by atoms with E-state index in [9.17, 15) is 4.79 Å².